The van der Waals surface area contributed by atoms with Crippen molar-refractivity contribution in [1.82, 2.24) is 19.9 Å². The van der Waals surface area contributed by atoms with Crippen LogP contribution in [0.2, 0.25) is 0 Å². The van der Waals surface area contributed by atoms with Crippen molar-refractivity contribution in [1.29, 1.82) is 0 Å². The van der Waals surface area contributed by atoms with Gasteiger partial charge >= 0.3 is 0 Å². The molecule has 1 aliphatic rings. The molecule has 4 rings (SSSR count). The number of anilines is 2. The first kappa shape index (κ1) is 23.7. The smallest absolute Gasteiger partial charge is 0.224 e. The summed E-state index contributed by atoms with van der Waals surface area (Å²) in [5.41, 5.74) is 3.15. The minimum atomic E-state index is -1.03. The number of fused-ring (bicyclic) bond motifs is 1. The van der Waals surface area contributed by atoms with E-state index in [1.807, 2.05) is 26.8 Å². The standard InChI is InChI=1S/C22H30N6O4S/c1-10-5-16-15(8-23-10)27-21(33-16)17-12(3)25-22(24-7-11(2)32-4)28-20(17)26-14-6-13(9-29)18(30)19(14)31/h5,8,11,13-14,18-19,29-31H,6-7,9H2,1-4H3,(H2,24,25,26,28)/t11-,13-,14-,18-,19+/m1/s1. The van der Waals surface area contributed by atoms with Crippen LogP contribution in [-0.4, -0.2) is 79.9 Å². The first-order chi connectivity index (χ1) is 15.8. The number of nitrogens with zero attached hydrogens (tertiary/aromatic N) is 4. The third-order valence-corrected chi connectivity index (χ3v) is 7.06. The Morgan fingerprint density at radius 3 is 2.70 bits per heavy atom. The minimum absolute atomic E-state index is 0.0258. The number of methoxy groups -OCH3 is 1. The van der Waals surface area contributed by atoms with E-state index in [1.165, 1.54) is 11.3 Å². The Morgan fingerprint density at radius 2 is 2.00 bits per heavy atom. The molecule has 11 heteroatoms. The summed E-state index contributed by atoms with van der Waals surface area (Å²) in [5.74, 6) is 0.530. The van der Waals surface area contributed by atoms with Crippen molar-refractivity contribution in [3.63, 3.8) is 0 Å². The lowest BCUT2D eigenvalue weighted by Crippen LogP contribution is -2.35. The highest BCUT2D eigenvalue weighted by atomic mass is 32.1. The SMILES string of the molecule is CO[C@H](C)CNc1nc(C)c(-c2nc3cnc(C)cc3s2)c(N[C@@H]2C[C@H](CO)[C@@H](O)[C@H]2O)n1. The molecule has 5 N–H and O–H groups in total. The largest absolute Gasteiger partial charge is 0.396 e. The van der Waals surface area contributed by atoms with Gasteiger partial charge in [-0.25, -0.2) is 9.97 Å². The first-order valence-electron chi connectivity index (χ1n) is 10.9. The fourth-order valence-electron chi connectivity index (χ4n) is 3.99. The Balaban J connectivity index is 1.74. The Morgan fingerprint density at radius 1 is 1.21 bits per heavy atom. The number of aromatic nitrogens is 4. The van der Waals surface area contributed by atoms with Crippen molar-refractivity contribution in [3.05, 3.63) is 23.7 Å². The summed E-state index contributed by atoms with van der Waals surface area (Å²) in [5, 5.41) is 37.6. The molecule has 1 fully saturated rings. The highest BCUT2D eigenvalue weighted by Gasteiger charge is 2.41. The lowest BCUT2D eigenvalue weighted by molar-refractivity contribution is 0.00446. The molecule has 0 unspecified atom stereocenters. The summed E-state index contributed by atoms with van der Waals surface area (Å²) in [6, 6.07) is 1.51. The normalized spacial score (nSPS) is 23.7. The average molecular weight is 475 g/mol. The van der Waals surface area contributed by atoms with Crippen molar-refractivity contribution >= 4 is 33.3 Å². The van der Waals surface area contributed by atoms with E-state index in [-0.39, 0.29) is 12.7 Å². The van der Waals surface area contributed by atoms with Gasteiger partial charge < -0.3 is 30.7 Å². The van der Waals surface area contributed by atoms with Gasteiger partial charge in [-0.05, 0) is 33.3 Å². The molecule has 5 atom stereocenters. The Labute approximate surface area is 196 Å². The molecule has 0 aliphatic heterocycles. The lowest BCUT2D eigenvalue weighted by Gasteiger charge is -2.21. The van der Waals surface area contributed by atoms with Gasteiger partial charge in [0.2, 0.25) is 5.95 Å². The third-order valence-electron chi connectivity index (χ3n) is 6.02. The van der Waals surface area contributed by atoms with Crippen molar-refractivity contribution in [2.75, 3.05) is 30.9 Å². The molecule has 0 bridgehead atoms. The highest BCUT2D eigenvalue weighted by Crippen LogP contribution is 2.38. The summed E-state index contributed by atoms with van der Waals surface area (Å²) < 4.78 is 6.30. The van der Waals surface area contributed by atoms with Crippen molar-refractivity contribution in [2.24, 2.45) is 5.92 Å². The molecule has 0 radical (unpaired) electrons. The third kappa shape index (κ3) is 4.92. The van der Waals surface area contributed by atoms with Crippen LogP contribution >= 0.6 is 11.3 Å². The molecule has 33 heavy (non-hydrogen) atoms. The Kier molecular flexibility index (Phi) is 7.05. The molecule has 1 aliphatic carbocycles. The van der Waals surface area contributed by atoms with Crippen LogP contribution < -0.4 is 10.6 Å². The van der Waals surface area contributed by atoms with Crippen LogP contribution in [-0.2, 0) is 4.74 Å². The monoisotopic (exact) mass is 474 g/mol. The lowest BCUT2D eigenvalue weighted by atomic mass is 10.1. The van der Waals surface area contributed by atoms with Crippen molar-refractivity contribution in [2.45, 2.75) is 51.5 Å². The Hall–Kier alpha value is -2.44. The van der Waals surface area contributed by atoms with Gasteiger partial charge in [-0.3, -0.25) is 4.98 Å². The molecule has 1 saturated carbocycles. The van der Waals surface area contributed by atoms with Gasteiger partial charge in [0.15, 0.2) is 0 Å². The van der Waals surface area contributed by atoms with Gasteiger partial charge in [0.05, 0.1) is 40.4 Å². The molecular formula is C22H30N6O4S. The van der Waals surface area contributed by atoms with Crippen LogP contribution in [0.3, 0.4) is 0 Å². The summed E-state index contributed by atoms with van der Waals surface area (Å²) in [6.07, 6.45) is 0.0993. The molecule has 0 saturated heterocycles. The molecule has 0 aromatic carbocycles. The second-order valence-electron chi connectivity index (χ2n) is 8.51. The van der Waals surface area contributed by atoms with E-state index in [0.29, 0.717) is 24.7 Å². The minimum Gasteiger partial charge on any atom is -0.396 e. The van der Waals surface area contributed by atoms with E-state index in [0.717, 1.165) is 32.2 Å². The van der Waals surface area contributed by atoms with Crippen molar-refractivity contribution in [3.8, 4) is 10.6 Å². The van der Waals surface area contributed by atoms with Gasteiger partial charge in [-0.15, -0.1) is 11.3 Å². The number of hydrogen-bond acceptors (Lipinski definition) is 11. The van der Waals surface area contributed by atoms with Gasteiger partial charge in [0.25, 0.3) is 0 Å². The predicted octanol–water partition coefficient (Wildman–Crippen LogP) is 1.73. The summed E-state index contributed by atoms with van der Waals surface area (Å²) in [6.45, 7) is 6.09. The number of hydrogen-bond donors (Lipinski definition) is 5. The predicted molar refractivity (Wildman–Crippen MR) is 127 cm³/mol. The molecule has 0 amide bonds. The number of rotatable bonds is 8. The zero-order valence-electron chi connectivity index (χ0n) is 19.1. The number of ether oxygens (including phenoxy) is 1. The molecule has 3 heterocycles. The summed E-state index contributed by atoms with van der Waals surface area (Å²) in [7, 11) is 1.64. The van der Waals surface area contributed by atoms with Gasteiger partial charge in [0.1, 0.15) is 22.4 Å². The van der Waals surface area contributed by atoms with Crippen LogP contribution in [0, 0.1) is 19.8 Å². The summed E-state index contributed by atoms with van der Waals surface area (Å²) in [4.78, 5) is 18.4. The maximum Gasteiger partial charge on any atom is 0.224 e. The quantitative estimate of drug-likeness (QED) is 0.327. The number of pyridine rings is 1. The van der Waals surface area contributed by atoms with E-state index in [1.54, 1.807) is 13.3 Å². The molecule has 0 spiro atoms. The molecular weight excluding hydrogens is 444 g/mol. The average Bonchev–Trinajstić information content (AvgIpc) is 3.32. The van der Waals surface area contributed by atoms with Crippen LogP contribution in [0.5, 0.6) is 0 Å². The van der Waals surface area contributed by atoms with Crippen molar-refractivity contribution < 1.29 is 20.1 Å². The van der Waals surface area contributed by atoms with E-state index in [2.05, 4.69) is 25.6 Å². The molecule has 10 nitrogen and oxygen atoms in total. The second kappa shape index (κ2) is 9.82. The van der Waals surface area contributed by atoms with Crippen LogP contribution in [0.1, 0.15) is 24.7 Å². The maximum atomic E-state index is 10.6. The number of nitrogens with one attached hydrogen (secondary N) is 2. The first-order valence-corrected chi connectivity index (χ1v) is 11.7. The van der Waals surface area contributed by atoms with Gasteiger partial charge in [0, 0.05) is 31.9 Å². The second-order valence-corrected chi connectivity index (χ2v) is 9.54. The van der Waals surface area contributed by atoms with E-state index in [4.69, 9.17) is 9.72 Å². The zero-order chi connectivity index (χ0) is 23.7. The molecule has 3 aromatic rings. The topological polar surface area (TPSA) is 146 Å². The van der Waals surface area contributed by atoms with Crippen LogP contribution in [0.15, 0.2) is 12.3 Å². The van der Waals surface area contributed by atoms with Gasteiger partial charge in [-0.1, -0.05) is 0 Å². The number of aliphatic hydroxyl groups excluding tert-OH is 3. The van der Waals surface area contributed by atoms with E-state index in [9.17, 15) is 15.3 Å². The van der Waals surface area contributed by atoms with Gasteiger partial charge in [-0.2, -0.15) is 4.98 Å². The van der Waals surface area contributed by atoms with E-state index < -0.39 is 24.2 Å². The molecule has 3 aromatic heterocycles. The fourth-order valence-corrected chi connectivity index (χ4v) is 5.12. The van der Waals surface area contributed by atoms with Crippen LogP contribution in [0.4, 0.5) is 11.8 Å². The summed E-state index contributed by atoms with van der Waals surface area (Å²) >= 11 is 1.52. The highest BCUT2D eigenvalue weighted by molar-refractivity contribution is 7.21. The number of aryl methyl sites for hydroxylation is 2. The number of aliphatic hydroxyl groups is 3. The maximum absolute atomic E-state index is 10.6. The Bertz CT molecular complexity index is 1130. The van der Waals surface area contributed by atoms with E-state index >= 15 is 0 Å². The van der Waals surface area contributed by atoms with Crippen LogP contribution in [0.25, 0.3) is 20.8 Å². The fraction of sp³-hybridized carbons (Fsp3) is 0.545. The number of thiazole rings is 1. The zero-order valence-corrected chi connectivity index (χ0v) is 19.9. The molecule has 178 valence electrons.